The number of likely N-dealkylation sites (N-methyl/N-ethyl adjacent to an activating group) is 1. The number of rotatable bonds is 5. The summed E-state index contributed by atoms with van der Waals surface area (Å²) < 4.78 is 24.6. The van der Waals surface area contributed by atoms with Gasteiger partial charge in [-0.2, -0.15) is 5.26 Å². The molecular weight excluding hydrogens is 286 g/mol. The SMILES string of the molecule is CCN1CCN(CCS(=O)(=O)c2cccc(C#N)c2)CC1. The van der Waals surface area contributed by atoms with Gasteiger partial charge >= 0.3 is 0 Å². The Labute approximate surface area is 126 Å². The molecule has 1 fully saturated rings. The third kappa shape index (κ3) is 4.27. The molecule has 0 amide bonds. The molecule has 0 aliphatic carbocycles. The van der Waals surface area contributed by atoms with Gasteiger partial charge in [0.2, 0.25) is 0 Å². The molecule has 0 spiro atoms. The van der Waals surface area contributed by atoms with Gasteiger partial charge in [0.25, 0.3) is 0 Å². The van der Waals surface area contributed by atoms with Crippen LogP contribution in [0.15, 0.2) is 29.2 Å². The molecule has 21 heavy (non-hydrogen) atoms. The molecule has 5 nitrogen and oxygen atoms in total. The van der Waals surface area contributed by atoms with Crippen LogP contribution in [0.25, 0.3) is 0 Å². The first kappa shape index (κ1) is 16.0. The minimum Gasteiger partial charge on any atom is -0.301 e. The van der Waals surface area contributed by atoms with Crippen LogP contribution in [-0.4, -0.2) is 63.2 Å². The third-order valence-corrected chi connectivity index (χ3v) is 5.60. The van der Waals surface area contributed by atoms with Gasteiger partial charge < -0.3 is 4.90 Å². The highest BCUT2D eigenvalue weighted by molar-refractivity contribution is 7.91. The van der Waals surface area contributed by atoms with E-state index in [1.165, 1.54) is 6.07 Å². The Bertz CT molecular complexity index is 614. The number of hydrogen-bond acceptors (Lipinski definition) is 5. The molecular formula is C15H21N3O2S. The van der Waals surface area contributed by atoms with Gasteiger partial charge in [-0.25, -0.2) is 8.42 Å². The lowest BCUT2D eigenvalue weighted by Crippen LogP contribution is -2.47. The van der Waals surface area contributed by atoms with Crippen LogP contribution in [0.4, 0.5) is 0 Å². The third-order valence-electron chi connectivity index (χ3n) is 3.91. The Morgan fingerprint density at radius 3 is 2.48 bits per heavy atom. The Morgan fingerprint density at radius 1 is 1.19 bits per heavy atom. The van der Waals surface area contributed by atoms with Crippen molar-refractivity contribution >= 4 is 9.84 Å². The van der Waals surface area contributed by atoms with Gasteiger partial charge in [-0.05, 0) is 24.7 Å². The zero-order valence-corrected chi connectivity index (χ0v) is 13.1. The average Bonchev–Trinajstić information content (AvgIpc) is 2.53. The van der Waals surface area contributed by atoms with Crippen LogP contribution in [0, 0.1) is 11.3 Å². The fraction of sp³-hybridized carbons (Fsp3) is 0.533. The molecule has 0 N–H and O–H groups in total. The van der Waals surface area contributed by atoms with Crippen molar-refractivity contribution in [3.05, 3.63) is 29.8 Å². The molecule has 6 heteroatoms. The summed E-state index contributed by atoms with van der Waals surface area (Å²) in [5.74, 6) is 0.105. The molecule has 0 radical (unpaired) electrons. The maximum Gasteiger partial charge on any atom is 0.179 e. The standard InChI is InChI=1S/C15H21N3O2S/c1-2-17-6-8-18(9-7-17)10-11-21(19,20)15-5-3-4-14(12-15)13-16/h3-5,12H,2,6-11H2,1H3. The van der Waals surface area contributed by atoms with Gasteiger partial charge in [0.1, 0.15) is 0 Å². The molecule has 1 heterocycles. The molecule has 0 saturated carbocycles. The molecule has 0 atom stereocenters. The molecule has 1 aromatic carbocycles. The highest BCUT2D eigenvalue weighted by Crippen LogP contribution is 2.13. The van der Waals surface area contributed by atoms with E-state index in [1.807, 2.05) is 6.07 Å². The van der Waals surface area contributed by atoms with Gasteiger partial charge in [-0.15, -0.1) is 0 Å². The van der Waals surface area contributed by atoms with Crippen LogP contribution < -0.4 is 0 Å². The van der Waals surface area contributed by atoms with Crippen LogP contribution in [-0.2, 0) is 9.84 Å². The van der Waals surface area contributed by atoms with Crippen molar-refractivity contribution < 1.29 is 8.42 Å². The normalized spacial score (nSPS) is 17.5. The number of benzene rings is 1. The van der Waals surface area contributed by atoms with E-state index in [4.69, 9.17) is 5.26 Å². The summed E-state index contributed by atoms with van der Waals surface area (Å²) in [6.07, 6.45) is 0. The van der Waals surface area contributed by atoms with Crippen molar-refractivity contribution in [2.24, 2.45) is 0 Å². The molecule has 2 rings (SSSR count). The van der Waals surface area contributed by atoms with Crippen molar-refractivity contribution in [2.45, 2.75) is 11.8 Å². The van der Waals surface area contributed by atoms with Crippen LogP contribution in [0.2, 0.25) is 0 Å². The first-order valence-electron chi connectivity index (χ1n) is 7.23. The predicted octanol–water partition coefficient (Wildman–Crippen LogP) is 0.969. The molecule has 1 aromatic rings. The molecule has 0 unspecified atom stereocenters. The smallest absolute Gasteiger partial charge is 0.179 e. The quantitative estimate of drug-likeness (QED) is 0.811. The van der Waals surface area contributed by atoms with E-state index in [2.05, 4.69) is 16.7 Å². The number of piperazine rings is 1. The lowest BCUT2D eigenvalue weighted by molar-refractivity contribution is 0.143. The fourth-order valence-electron chi connectivity index (χ4n) is 2.46. The Kier molecular flexibility index (Phi) is 5.34. The van der Waals surface area contributed by atoms with Gasteiger partial charge in [0.15, 0.2) is 9.84 Å². The molecule has 1 aliphatic rings. The van der Waals surface area contributed by atoms with Crippen LogP contribution in [0.1, 0.15) is 12.5 Å². The lowest BCUT2D eigenvalue weighted by atomic mass is 10.2. The molecule has 1 saturated heterocycles. The fourth-order valence-corrected chi connectivity index (χ4v) is 3.78. The van der Waals surface area contributed by atoms with Crippen LogP contribution >= 0.6 is 0 Å². The summed E-state index contributed by atoms with van der Waals surface area (Å²) in [5.41, 5.74) is 0.382. The molecule has 1 aliphatic heterocycles. The second-order valence-electron chi connectivity index (χ2n) is 5.23. The summed E-state index contributed by atoms with van der Waals surface area (Å²) in [5, 5.41) is 8.85. The van der Waals surface area contributed by atoms with Crippen molar-refractivity contribution in [3.63, 3.8) is 0 Å². The van der Waals surface area contributed by atoms with Gasteiger partial charge in [-0.1, -0.05) is 13.0 Å². The minimum absolute atomic E-state index is 0.105. The number of nitrogens with zero attached hydrogens (tertiary/aromatic N) is 3. The Hall–Kier alpha value is -1.42. The van der Waals surface area contributed by atoms with E-state index in [1.54, 1.807) is 18.2 Å². The summed E-state index contributed by atoms with van der Waals surface area (Å²) in [7, 11) is -3.32. The number of sulfone groups is 1. The summed E-state index contributed by atoms with van der Waals surface area (Å²) in [6.45, 7) is 7.58. The predicted molar refractivity (Wildman–Crippen MR) is 81.8 cm³/mol. The second kappa shape index (κ2) is 7.03. The zero-order chi connectivity index (χ0) is 15.3. The monoisotopic (exact) mass is 307 g/mol. The summed E-state index contributed by atoms with van der Waals surface area (Å²) in [6, 6.07) is 8.22. The largest absolute Gasteiger partial charge is 0.301 e. The maximum absolute atomic E-state index is 12.3. The average molecular weight is 307 g/mol. The lowest BCUT2D eigenvalue weighted by Gasteiger charge is -2.33. The number of nitriles is 1. The van der Waals surface area contributed by atoms with Gasteiger partial charge in [0, 0.05) is 32.7 Å². The molecule has 114 valence electrons. The summed E-state index contributed by atoms with van der Waals surface area (Å²) in [4.78, 5) is 4.80. The van der Waals surface area contributed by atoms with Crippen LogP contribution in [0.3, 0.4) is 0 Å². The van der Waals surface area contributed by atoms with Gasteiger partial charge in [-0.3, -0.25) is 4.90 Å². The first-order chi connectivity index (χ1) is 10.0. The van der Waals surface area contributed by atoms with E-state index in [0.29, 0.717) is 12.1 Å². The highest BCUT2D eigenvalue weighted by atomic mass is 32.2. The second-order valence-corrected chi connectivity index (χ2v) is 7.34. The topological polar surface area (TPSA) is 64.4 Å². The van der Waals surface area contributed by atoms with Gasteiger partial charge in [0.05, 0.1) is 22.3 Å². The van der Waals surface area contributed by atoms with E-state index in [9.17, 15) is 8.42 Å². The molecule has 0 aromatic heterocycles. The molecule has 0 bridgehead atoms. The van der Waals surface area contributed by atoms with E-state index < -0.39 is 9.84 Å². The summed E-state index contributed by atoms with van der Waals surface area (Å²) >= 11 is 0. The van der Waals surface area contributed by atoms with E-state index >= 15 is 0 Å². The van der Waals surface area contributed by atoms with Crippen LogP contribution in [0.5, 0.6) is 0 Å². The van der Waals surface area contributed by atoms with Crippen molar-refractivity contribution in [1.82, 2.24) is 9.80 Å². The Morgan fingerprint density at radius 2 is 1.86 bits per heavy atom. The van der Waals surface area contributed by atoms with Crippen molar-refractivity contribution in [1.29, 1.82) is 5.26 Å². The minimum atomic E-state index is -3.32. The maximum atomic E-state index is 12.3. The Balaban J connectivity index is 1.94. The first-order valence-corrected chi connectivity index (χ1v) is 8.88. The van der Waals surface area contributed by atoms with E-state index in [0.717, 1.165) is 32.7 Å². The van der Waals surface area contributed by atoms with E-state index in [-0.39, 0.29) is 10.6 Å². The van der Waals surface area contributed by atoms with Crippen molar-refractivity contribution in [2.75, 3.05) is 45.0 Å². The van der Waals surface area contributed by atoms with Crippen molar-refractivity contribution in [3.8, 4) is 6.07 Å². The zero-order valence-electron chi connectivity index (χ0n) is 12.3. The number of hydrogen-bond donors (Lipinski definition) is 0. The highest BCUT2D eigenvalue weighted by Gasteiger charge is 2.20.